The van der Waals surface area contributed by atoms with Gasteiger partial charge >= 0.3 is 37.7 Å². The third kappa shape index (κ3) is 2.85. The third-order valence-electron chi connectivity index (χ3n) is 1.10. The minimum Gasteiger partial charge on any atom is -1.00 e. The Morgan fingerprint density at radius 1 is 1.62 bits per heavy atom. The maximum atomic E-state index is 10.4. The molecule has 0 aliphatic heterocycles. The molecule has 0 saturated heterocycles. The molecular formula is C6H10CaO. The van der Waals surface area contributed by atoms with Crippen LogP contribution in [0.25, 0.3) is 0 Å². The van der Waals surface area contributed by atoms with Gasteiger partial charge < -0.3 is 2.85 Å². The minimum atomic E-state index is 0. The minimum absolute atomic E-state index is 0. The van der Waals surface area contributed by atoms with Crippen molar-refractivity contribution in [2.24, 2.45) is 0 Å². The normalized spacial score (nSPS) is 17.8. The molecule has 0 aromatic carbocycles. The van der Waals surface area contributed by atoms with Gasteiger partial charge in [-0.1, -0.05) is 6.08 Å². The van der Waals surface area contributed by atoms with Gasteiger partial charge in [-0.15, -0.1) is 0 Å². The number of hydrogen-bond donors (Lipinski definition) is 0. The Balaban J connectivity index is -0.000000163. The van der Waals surface area contributed by atoms with Crippen LogP contribution in [0.1, 0.15) is 22.1 Å². The van der Waals surface area contributed by atoms with Crippen molar-refractivity contribution in [2.75, 3.05) is 0 Å². The molecule has 2 heteroatoms. The summed E-state index contributed by atoms with van der Waals surface area (Å²) in [6, 6.07) is 0. The summed E-state index contributed by atoms with van der Waals surface area (Å²) in [5, 5.41) is 0. The molecule has 42 valence electrons. The first-order valence-electron chi connectivity index (χ1n) is 2.59. The fraction of sp³-hybridized carbons (Fsp3) is 0.500. The van der Waals surface area contributed by atoms with E-state index in [1.807, 2.05) is 6.08 Å². The summed E-state index contributed by atoms with van der Waals surface area (Å²) in [7, 11) is 0. The van der Waals surface area contributed by atoms with Gasteiger partial charge in [-0.3, -0.25) is 4.79 Å². The monoisotopic (exact) mass is 138 g/mol. The van der Waals surface area contributed by atoms with Crippen LogP contribution < -0.4 is 0 Å². The molecule has 0 N–H and O–H groups in total. The Bertz CT molecular complexity index is 114. The second-order valence-corrected chi connectivity index (χ2v) is 1.76. The van der Waals surface area contributed by atoms with Crippen molar-refractivity contribution in [1.29, 1.82) is 0 Å². The van der Waals surface area contributed by atoms with Crippen LogP contribution in [0.15, 0.2) is 12.2 Å². The first-order chi connectivity index (χ1) is 3.39. The average molecular weight is 138 g/mol. The summed E-state index contributed by atoms with van der Waals surface area (Å²) >= 11 is 0. The molecule has 8 heavy (non-hydrogen) atoms. The largest absolute Gasteiger partial charge is 2.00 e. The van der Waals surface area contributed by atoms with E-state index < -0.39 is 0 Å². The SMILES string of the molecule is O=C1C=CCCC1.[Ca+2].[H-].[H-]. The Hall–Kier alpha value is 0.670. The molecule has 0 amide bonds. The number of hydrogen-bond acceptors (Lipinski definition) is 1. The number of carbonyl (C=O) groups excluding carboxylic acids is 1. The second kappa shape index (κ2) is 4.54. The van der Waals surface area contributed by atoms with Crippen molar-refractivity contribution >= 4 is 43.5 Å². The fourth-order valence-electron chi connectivity index (χ4n) is 0.692. The van der Waals surface area contributed by atoms with Crippen molar-refractivity contribution in [2.45, 2.75) is 19.3 Å². The van der Waals surface area contributed by atoms with Crippen LogP contribution >= 0.6 is 0 Å². The van der Waals surface area contributed by atoms with E-state index in [0.717, 1.165) is 19.3 Å². The average Bonchev–Trinajstić information content (AvgIpc) is 1.69. The van der Waals surface area contributed by atoms with Crippen molar-refractivity contribution in [3.63, 3.8) is 0 Å². The molecule has 0 bridgehead atoms. The molecule has 0 aromatic rings. The Kier molecular flexibility index (Phi) is 4.92. The predicted molar refractivity (Wildman–Crippen MR) is 36.0 cm³/mol. The van der Waals surface area contributed by atoms with Crippen molar-refractivity contribution < 1.29 is 7.65 Å². The molecule has 1 nitrogen and oxygen atoms in total. The van der Waals surface area contributed by atoms with E-state index in [4.69, 9.17) is 0 Å². The van der Waals surface area contributed by atoms with Gasteiger partial charge in [0, 0.05) is 6.42 Å². The number of ketones is 1. The first-order valence-corrected chi connectivity index (χ1v) is 2.59. The summed E-state index contributed by atoms with van der Waals surface area (Å²) in [5.74, 6) is 0.284. The van der Waals surface area contributed by atoms with Crippen LogP contribution in [0.3, 0.4) is 0 Å². The Morgan fingerprint density at radius 2 is 2.38 bits per heavy atom. The summed E-state index contributed by atoms with van der Waals surface area (Å²) in [6.45, 7) is 0. The van der Waals surface area contributed by atoms with Crippen LogP contribution in [0.5, 0.6) is 0 Å². The van der Waals surface area contributed by atoms with Crippen molar-refractivity contribution in [3.8, 4) is 0 Å². The zero-order chi connectivity index (χ0) is 5.11. The van der Waals surface area contributed by atoms with E-state index in [1.165, 1.54) is 0 Å². The van der Waals surface area contributed by atoms with Crippen molar-refractivity contribution in [1.82, 2.24) is 0 Å². The van der Waals surface area contributed by atoms with Gasteiger partial charge in [-0.25, -0.2) is 0 Å². The summed E-state index contributed by atoms with van der Waals surface area (Å²) in [4.78, 5) is 10.4. The van der Waals surface area contributed by atoms with Crippen LogP contribution in [0.4, 0.5) is 0 Å². The standard InChI is InChI=1S/C6H8O.Ca.2H/c7-6-4-2-1-3-5-6;;;/h2,4H,1,3,5H2;;;/q;+2;2*-1. The van der Waals surface area contributed by atoms with Gasteiger partial charge in [0.1, 0.15) is 0 Å². The van der Waals surface area contributed by atoms with E-state index >= 15 is 0 Å². The molecule has 0 spiro atoms. The van der Waals surface area contributed by atoms with Gasteiger partial charge in [0.2, 0.25) is 0 Å². The molecule has 1 aliphatic carbocycles. The van der Waals surface area contributed by atoms with Gasteiger partial charge in [0.15, 0.2) is 5.78 Å². The van der Waals surface area contributed by atoms with E-state index in [-0.39, 0.29) is 46.4 Å². The molecule has 0 radical (unpaired) electrons. The van der Waals surface area contributed by atoms with Crippen LogP contribution in [0, 0.1) is 0 Å². The van der Waals surface area contributed by atoms with E-state index in [2.05, 4.69) is 0 Å². The van der Waals surface area contributed by atoms with Gasteiger partial charge in [0.25, 0.3) is 0 Å². The molecule has 0 saturated carbocycles. The maximum absolute atomic E-state index is 10.4. The summed E-state index contributed by atoms with van der Waals surface area (Å²) in [6.07, 6.45) is 6.51. The molecule has 0 atom stereocenters. The molecule has 0 heterocycles. The second-order valence-electron chi connectivity index (χ2n) is 1.76. The number of allylic oxidation sites excluding steroid dienone is 2. The number of carbonyl (C=O) groups is 1. The van der Waals surface area contributed by atoms with Crippen LogP contribution in [0.2, 0.25) is 0 Å². The van der Waals surface area contributed by atoms with Gasteiger partial charge in [-0.05, 0) is 18.9 Å². The first kappa shape index (κ1) is 8.67. The Labute approximate surface area is 82.1 Å². The molecular weight excluding hydrogens is 128 g/mol. The summed E-state index contributed by atoms with van der Waals surface area (Å²) in [5.41, 5.74) is 0. The Morgan fingerprint density at radius 3 is 2.62 bits per heavy atom. The van der Waals surface area contributed by atoms with E-state index in [0.29, 0.717) is 0 Å². The maximum Gasteiger partial charge on any atom is 2.00 e. The molecule has 1 rings (SSSR count). The van der Waals surface area contributed by atoms with Gasteiger partial charge in [-0.2, -0.15) is 0 Å². The summed E-state index contributed by atoms with van der Waals surface area (Å²) < 4.78 is 0. The predicted octanol–water partition coefficient (Wildman–Crippen LogP) is 1.14. The molecule has 1 aliphatic rings. The molecule has 0 aromatic heterocycles. The quantitative estimate of drug-likeness (QED) is 0.459. The van der Waals surface area contributed by atoms with E-state index in [9.17, 15) is 4.79 Å². The van der Waals surface area contributed by atoms with Gasteiger partial charge in [0.05, 0.1) is 0 Å². The fourth-order valence-corrected chi connectivity index (χ4v) is 0.692. The van der Waals surface area contributed by atoms with Crippen LogP contribution in [-0.4, -0.2) is 43.5 Å². The third-order valence-corrected chi connectivity index (χ3v) is 1.10. The smallest absolute Gasteiger partial charge is 1.00 e. The van der Waals surface area contributed by atoms with Crippen molar-refractivity contribution in [3.05, 3.63) is 12.2 Å². The van der Waals surface area contributed by atoms with E-state index in [1.54, 1.807) is 6.08 Å². The zero-order valence-corrected chi connectivity index (χ0v) is 7.10. The molecule has 0 unspecified atom stereocenters. The molecule has 0 fully saturated rings. The van der Waals surface area contributed by atoms with Crippen LogP contribution in [-0.2, 0) is 4.79 Å². The topological polar surface area (TPSA) is 17.1 Å². The number of rotatable bonds is 0. The zero-order valence-electron chi connectivity index (χ0n) is 6.89.